The molecule has 0 bridgehead atoms. The van der Waals surface area contributed by atoms with Crippen LogP contribution in [0.1, 0.15) is 24.9 Å². The predicted molar refractivity (Wildman–Crippen MR) is 81.5 cm³/mol. The summed E-state index contributed by atoms with van der Waals surface area (Å²) in [4.78, 5) is 14.4. The molecular formula is C16H25N3O. The summed E-state index contributed by atoms with van der Waals surface area (Å²) in [6.45, 7) is 3.67. The number of nitrogens with one attached hydrogen (secondary N) is 2. The lowest BCUT2D eigenvalue weighted by atomic mass is 10.0. The Morgan fingerprint density at radius 1 is 1.40 bits per heavy atom. The van der Waals surface area contributed by atoms with Gasteiger partial charge in [0.05, 0.1) is 12.0 Å². The van der Waals surface area contributed by atoms with Crippen molar-refractivity contribution in [2.45, 2.75) is 25.4 Å². The molecule has 20 heavy (non-hydrogen) atoms. The first-order valence-electron chi connectivity index (χ1n) is 7.32. The molecule has 1 saturated heterocycles. The number of carbonyl (C=O) groups is 1. The smallest absolute Gasteiger partial charge is 0.224 e. The van der Waals surface area contributed by atoms with Crippen LogP contribution in [0.3, 0.4) is 0 Å². The highest BCUT2D eigenvalue weighted by Gasteiger charge is 2.29. The first-order chi connectivity index (χ1) is 9.59. The third-order valence-corrected chi connectivity index (χ3v) is 4.14. The third-order valence-electron chi connectivity index (χ3n) is 4.14. The maximum atomic E-state index is 12.2. The third kappa shape index (κ3) is 3.58. The second kappa shape index (κ2) is 6.86. The van der Waals surface area contributed by atoms with Crippen LogP contribution in [0.5, 0.6) is 0 Å². The Kier molecular flexibility index (Phi) is 5.15. The standard InChI is InChI=1S/C16H25N3O/c1-12-14(9-10-17-12)16(20)18-11-15(19(2)3)13-7-5-4-6-8-13/h4-8,12,14-15,17H,9-11H2,1-3H3,(H,18,20). The van der Waals surface area contributed by atoms with Gasteiger partial charge in [-0.25, -0.2) is 0 Å². The van der Waals surface area contributed by atoms with Crippen molar-refractivity contribution in [3.63, 3.8) is 0 Å². The van der Waals surface area contributed by atoms with Gasteiger partial charge in [0, 0.05) is 12.6 Å². The minimum Gasteiger partial charge on any atom is -0.354 e. The van der Waals surface area contributed by atoms with E-state index in [1.165, 1.54) is 5.56 Å². The predicted octanol–water partition coefficient (Wildman–Crippen LogP) is 1.40. The molecule has 3 unspecified atom stereocenters. The van der Waals surface area contributed by atoms with Crippen LogP contribution in [-0.4, -0.2) is 44.0 Å². The molecule has 2 rings (SSSR count). The van der Waals surface area contributed by atoms with E-state index in [1.807, 2.05) is 32.3 Å². The summed E-state index contributed by atoms with van der Waals surface area (Å²) in [5, 5.41) is 6.44. The van der Waals surface area contributed by atoms with E-state index in [2.05, 4.69) is 34.6 Å². The molecule has 0 aromatic heterocycles. The van der Waals surface area contributed by atoms with Crippen LogP contribution in [0.15, 0.2) is 30.3 Å². The Morgan fingerprint density at radius 2 is 2.10 bits per heavy atom. The maximum Gasteiger partial charge on any atom is 0.224 e. The molecule has 1 aliphatic rings. The van der Waals surface area contributed by atoms with Crippen molar-refractivity contribution >= 4 is 5.91 Å². The quantitative estimate of drug-likeness (QED) is 0.854. The van der Waals surface area contributed by atoms with Crippen LogP contribution in [0.25, 0.3) is 0 Å². The van der Waals surface area contributed by atoms with Gasteiger partial charge < -0.3 is 15.5 Å². The van der Waals surface area contributed by atoms with Crippen LogP contribution in [0, 0.1) is 5.92 Å². The fourth-order valence-electron chi connectivity index (χ4n) is 2.82. The van der Waals surface area contributed by atoms with E-state index in [1.54, 1.807) is 0 Å². The fraction of sp³-hybridized carbons (Fsp3) is 0.562. The maximum absolute atomic E-state index is 12.2. The molecule has 0 spiro atoms. The highest BCUT2D eigenvalue weighted by Crippen LogP contribution is 2.18. The summed E-state index contributed by atoms with van der Waals surface area (Å²) in [5.41, 5.74) is 1.23. The summed E-state index contributed by atoms with van der Waals surface area (Å²) in [6.07, 6.45) is 0.935. The minimum atomic E-state index is 0.105. The summed E-state index contributed by atoms with van der Waals surface area (Å²) in [7, 11) is 4.09. The van der Waals surface area contributed by atoms with Gasteiger partial charge in [0.1, 0.15) is 0 Å². The SMILES string of the molecule is CC1NCCC1C(=O)NCC(c1ccccc1)N(C)C. The van der Waals surface area contributed by atoms with Crippen LogP contribution in [0.4, 0.5) is 0 Å². The van der Waals surface area contributed by atoms with Gasteiger partial charge in [-0.3, -0.25) is 4.79 Å². The van der Waals surface area contributed by atoms with Crippen molar-refractivity contribution in [2.75, 3.05) is 27.2 Å². The minimum absolute atomic E-state index is 0.105. The Morgan fingerprint density at radius 3 is 2.65 bits per heavy atom. The summed E-state index contributed by atoms with van der Waals surface area (Å²) < 4.78 is 0. The van der Waals surface area contributed by atoms with Gasteiger partial charge in [0.2, 0.25) is 5.91 Å². The molecule has 4 nitrogen and oxygen atoms in total. The molecule has 2 N–H and O–H groups in total. The van der Waals surface area contributed by atoms with Gasteiger partial charge in [-0.15, -0.1) is 0 Å². The van der Waals surface area contributed by atoms with Crippen molar-refractivity contribution in [3.8, 4) is 0 Å². The number of rotatable bonds is 5. The zero-order valence-corrected chi connectivity index (χ0v) is 12.6. The molecule has 1 aromatic carbocycles. The number of benzene rings is 1. The van der Waals surface area contributed by atoms with Crippen molar-refractivity contribution in [1.29, 1.82) is 0 Å². The van der Waals surface area contributed by atoms with Crippen LogP contribution in [-0.2, 0) is 4.79 Å². The molecule has 1 heterocycles. The largest absolute Gasteiger partial charge is 0.354 e. The number of likely N-dealkylation sites (N-methyl/N-ethyl adjacent to an activating group) is 1. The molecule has 1 aromatic rings. The van der Waals surface area contributed by atoms with E-state index in [0.29, 0.717) is 6.54 Å². The Labute approximate surface area is 121 Å². The first-order valence-corrected chi connectivity index (χ1v) is 7.32. The normalized spacial score (nSPS) is 23.8. The topological polar surface area (TPSA) is 44.4 Å². The van der Waals surface area contributed by atoms with Gasteiger partial charge in [-0.1, -0.05) is 30.3 Å². The lowest BCUT2D eigenvalue weighted by Gasteiger charge is -2.26. The van der Waals surface area contributed by atoms with E-state index >= 15 is 0 Å². The molecule has 0 aliphatic carbocycles. The summed E-state index contributed by atoms with van der Waals surface area (Å²) in [5.74, 6) is 0.277. The number of hydrogen-bond donors (Lipinski definition) is 2. The van der Waals surface area contributed by atoms with E-state index < -0.39 is 0 Å². The Bertz CT molecular complexity index is 433. The monoisotopic (exact) mass is 275 g/mol. The second-order valence-electron chi connectivity index (χ2n) is 5.77. The van der Waals surface area contributed by atoms with Crippen LogP contribution in [0.2, 0.25) is 0 Å². The van der Waals surface area contributed by atoms with Gasteiger partial charge in [-0.2, -0.15) is 0 Å². The molecule has 1 fully saturated rings. The van der Waals surface area contributed by atoms with Crippen molar-refractivity contribution in [1.82, 2.24) is 15.5 Å². The lowest BCUT2D eigenvalue weighted by molar-refractivity contribution is -0.125. The highest BCUT2D eigenvalue weighted by atomic mass is 16.1. The molecule has 4 heteroatoms. The number of nitrogens with zero attached hydrogens (tertiary/aromatic N) is 1. The highest BCUT2D eigenvalue weighted by molar-refractivity contribution is 5.79. The zero-order chi connectivity index (χ0) is 14.5. The van der Waals surface area contributed by atoms with E-state index in [4.69, 9.17) is 0 Å². The fourth-order valence-corrected chi connectivity index (χ4v) is 2.82. The molecular weight excluding hydrogens is 250 g/mol. The van der Waals surface area contributed by atoms with Crippen molar-refractivity contribution in [2.24, 2.45) is 5.92 Å². The van der Waals surface area contributed by atoms with Gasteiger partial charge in [0.25, 0.3) is 0 Å². The molecule has 110 valence electrons. The van der Waals surface area contributed by atoms with Gasteiger partial charge >= 0.3 is 0 Å². The van der Waals surface area contributed by atoms with Crippen LogP contribution >= 0.6 is 0 Å². The molecule has 1 amide bonds. The zero-order valence-electron chi connectivity index (χ0n) is 12.6. The number of carbonyl (C=O) groups excluding carboxylic acids is 1. The average molecular weight is 275 g/mol. The molecule has 0 radical (unpaired) electrons. The molecule has 3 atom stereocenters. The number of amides is 1. The van der Waals surface area contributed by atoms with Gasteiger partial charge in [-0.05, 0) is 39.5 Å². The van der Waals surface area contributed by atoms with Crippen molar-refractivity contribution in [3.05, 3.63) is 35.9 Å². The van der Waals surface area contributed by atoms with Crippen LogP contribution < -0.4 is 10.6 Å². The Balaban J connectivity index is 1.94. The average Bonchev–Trinajstić information content (AvgIpc) is 2.86. The van der Waals surface area contributed by atoms with Gasteiger partial charge in [0.15, 0.2) is 0 Å². The lowest BCUT2D eigenvalue weighted by Crippen LogP contribution is -2.40. The molecule has 0 saturated carbocycles. The summed E-state index contributed by atoms with van der Waals surface area (Å²) in [6, 6.07) is 10.8. The Hall–Kier alpha value is -1.39. The van der Waals surface area contributed by atoms with E-state index in [9.17, 15) is 4.79 Å². The second-order valence-corrected chi connectivity index (χ2v) is 5.77. The van der Waals surface area contributed by atoms with E-state index in [-0.39, 0.29) is 23.9 Å². The molecule has 1 aliphatic heterocycles. The number of hydrogen-bond acceptors (Lipinski definition) is 3. The summed E-state index contributed by atoms with van der Waals surface area (Å²) >= 11 is 0. The first kappa shape index (κ1) is 15.0. The van der Waals surface area contributed by atoms with E-state index in [0.717, 1.165) is 13.0 Å². The van der Waals surface area contributed by atoms with Crippen molar-refractivity contribution < 1.29 is 4.79 Å².